The lowest BCUT2D eigenvalue weighted by Crippen LogP contribution is -2.50. The maximum Gasteiger partial charge on any atom is 0.0300 e. The number of likely N-dealkylation sites (tertiary alicyclic amines) is 1. The van der Waals surface area contributed by atoms with Crippen molar-refractivity contribution in [1.29, 1.82) is 0 Å². The number of pyridine rings is 1. The average Bonchev–Trinajstić information content (AvgIpc) is 2.45. The molecule has 100 valence electrons. The molecule has 18 heavy (non-hydrogen) atoms. The van der Waals surface area contributed by atoms with Gasteiger partial charge in [0.1, 0.15) is 0 Å². The molecule has 1 N–H and O–H groups in total. The lowest BCUT2D eigenvalue weighted by molar-refractivity contribution is 0.123. The molecule has 0 amide bonds. The highest BCUT2D eigenvalue weighted by molar-refractivity contribution is 5.08. The van der Waals surface area contributed by atoms with Crippen molar-refractivity contribution >= 4 is 0 Å². The number of hydrogen-bond donors (Lipinski definition) is 1. The zero-order valence-electron chi connectivity index (χ0n) is 11.6. The molecule has 0 spiro atoms. The summed E-state index contributed by atoms with van der Waals surface area (Å²) in [6, 6.07) is 5.48. The van der Waals surface area contributed by atoms with Gasteiger partial charge in [0.05, 0.1) is 0 Å². The van der Waals surface area contributed by atoms with E-state index in [0.717, 1.165) is 13.0 Å². The van der Waals surface area contributed by atoms with E-state index < -0.39 is 0 Å². The predicted molar refractivity (Wildman–Crippen MR) is 75.7 cm³/mol. The summed E-state index contributed by atoms with van der Waals surface area (Å²) < 4.78 is 0. The third-order valence-corrected chi connectivity index (χ3v) is 4.11. The maximum absolute atomic E-state index is 4.19. The van der Waals surface area contributed by atoms with Crippen molar-refractivity contribution in [2.24, 2.45) is 0 Å². The van der Waals surface area contributed by atoms with Crippen molar-refractivity contribution in [1.82, 2.24) is 15.2 Å². The molecule has 1 aliphatic heterocycles. The average molecular weight is 247 g/mol. The Hall–Kier alpha value is -0.930. The molecule has 3 heteroatoms. The molecule has 3 nitrogen and oxygen atoms in total. The fourth-order valence-corrected chi connectivity index (χ4v) is 2.87. The van der Waals surface area contributed by atoms with Crippen molar-refractivity contribution < 1.29 is 0 Å². The summed E-state index contributed by atoms with van der Waals surface area (Å²) >= 11 is 0. The smallest absolute Gasteiger partial charge is 0.0300 e. The molecule has 2 unspecified atom stereocenters. The van der Waals surface area contributed by atoms with Gasteiger partial charge in [0.25, 0.3) is 0 Å². The largest absolute Gasteiger partial charge is 0.316 e. The Morgan fingerprint density at radius 2 is 2.39 bits per heavy atom. The van der Waals surface area contributed by atoms with Crippen LogP contribution in [0.15, 0.2) is 24.5 Å². The molecule has 1 aliphatic rings. The van der Waals surface area contributed by atoms with Crippen LogP contribution in [0.1, 0.15) is 31.7 Å². The molecule has 0 bridgehead atoms. The number of nitrogens with one attached hydrogen (secondary N) is 1. The molecular formula is C15H25N3. The molecule has 0 aliphatic carbocycles. The van der Waals surface area contributed by atoms with Crippen molar-refractivity contribution in [3.05, 3.63) is 30.1 Å². The lowest BCUT2D eigenvalue weighted by Gasteiger charge is -2.39. The van der Waals surface area contributed by atoms with E-state index in [1.807, 2.05) is 18.5 Å². The van der Waals surface area contributed by atoms with Crippen LogP contribution in [0.5, 0.6) is 0 Å². The molecule has 0 radical (unpaired) electrons. The van der Waals surface area contributed by atoms with E-state index in [2.05, 4.69) is 35.2 Å². The number of piperidine rings is 1. The van der Waals surface area contributed by atoms with E-state index in [1.54, 1.807) is 0 Å². The van der Waals surface area contributed by atoms with Gasteiger partial charge >= 0.3 is 0 Å². The molecule has 1 aromatic heterocycles. The number of hydrogen-bond acceptors (Lipinski definition) is 3. The van der Waals surface area contributed by atoms with Crippen LogP contribution in [0, 0.1) is 0 Å². The molecule has 2 rings (SSSR count). The quantitative estimate of drug-likeness (QED) is 0.863. The van der Waals surface area contributed by atoms with Gasteiger partial charge in [-0.2, -0.15) is 0 Å². The van der Waals surface area contributed by atoms with E-state index in [0.29, 0.717) is 12.1 Å². The summed E-state index contributed by atoms with van der Waals surface area (Å²) in [6.45, 7) is 4.70. The van der Waals surface area contributed by atoms with Crippen molar-refractivity contribution in [2.75, 3.05) is 20.1 Å². The third kappa shape index (κ3) is 3.53. The minimum Gasteiger partial charge on any atom is -0.316 e. The summed E-state index contributed by atoms with van der Waals surface area (Å²) in [5.41, 5.74) is 1.35. The standard InChI is InChI=1S/C15H25N3/c1-13(16-2)15-7-3-4-10-18(15)11-8-14-6-5-9-17-12-14/h5-6,9,12-13,15-16H,3-4,7-8,10-11H2,1-2H3. The van der Waals surface area contributed by atoms with Gasteiger partial charge in [-0.3, -0.25) is 9.88 Å². The third-order valence-electron chi connectivity index (χ3n) is 4.11. The summed E-state index contributed by atoms with van der Waals surface area (Å²) in [5, 5.41) is 3.41. The van der Waals surface area contributed by atoms with E-state index in [4.69, 9.17) is 0 Å². The van der Waals surface area contributed by atoms with Crippen LogP contribution in [0.3, 0.4) is 0 Å². The monoisotopic (exact) mass is 247 g/mol. The predicted octanol–water partition coefficient (Wildman–Crippen LogP) is 2.09. The summed E-state index contributed by atoms with van der Waals surface area (Å²) in [6.07, 6.45) is 8.99. The molecular weight excluding hydrogens is 222 g/mol. The minimum atomic E-state index is 0.583. The molecule has 2 heterocycles. The summed E-state index contributed by atoms with van der Waals surface area (Å²) in [7, 11) is 2.07. The van der Waals surface area contributed by atoms with E-state index in [9.17, 15) is 0 Å². The first-order valence-corrected chi connectivity index (χ1v) is 7.11. The van der Waals surface area contributed by atoms with Gasteiger partial charge < -0.3 is 5.32 Å². The van der Waals surface area contributed by atoms with Gasteiger partial charge in [0.15, 0.2) is 0 Å². The number of rotatable bonds is 5. The number of nitrogens with zero attached hydrogens (tertiary/aromatic N) is 2. The van der Waals surface area contributed by atoms with Crippen LogP contribution < -0.4 is 5.32 Å². The van der Waals surface area contributed by atoms with Gasteiger partial charge in [0.2, 0.25) is 0 Å². The normalized spacial score (nSPS) is 22.9. The van der Waals surface area contributed by atoms with Crippen LogP contribution in [0.4, 0.5) is 0 Å². The minimum absolute atomic E-state index is 0.583. The second-order valence-electron chi connectivity index (χ2n) is 5.29. The molecule has 1 fully saturated rings. The fraction of sp³-hybridized carbons (Fsp3) is 0.667. The second-order valence-corrected chi connectivity index (χ2v) is 5.29. The lowest BCUT2D eigenvalue weighted by atomic mass is 9.96. The van der Waals surface area contributed by atoms with Crippen LogP contribution in [-0.4, -0.2) is 42.1 Å². The fourth-order valence-electron chi connectivity index (χ4n) is 2.87. The van der Waals surface area contributed by atoms with Gasteiger partial charge in [0, 0.05) is 31.0 Å². The Bertz CT molecular complexity index is 339. The number of aromatic nitrogens is 1. The zero-order valence-corrected chi connectivity index (χ0v) is 11.6. The Kier molecular flexibility index (Phi) is 5.14. The topological polar surface area (TPSA) is 28.2 Å². The van der Waals surface area contributed by atoms with Crippen molar-refractivity contribution in [2.45, 2.75) is 44.7 Å². The molecule has 1 aromatic rings. The first kappa shape index (κ1) is 13.5. The first-order chi connectivity index (χ1) is 8.81. The summed E-state index contributed by atoms with van der Waals surface area (Å²) in [4.78, 5) is 6.84. The van der Waals surface area contributed by atoms with E-state index in [1.165, 1.54) is 31.4 Å². The van der Waals surface area contributed by atoms with Crippen LogP contribution in [0.25, 0.3) is 0 Å². The first-order valence-electron chi connectivity index (χ1n) is 7.11. The molecule has 2 atom stereocenters. The van der Waals surface area contributed by atoms with Crippen LogP contribution in [0.2, 0.25) is 0 Å². The van der Waals surface area contributed by atoms with Gasteiger partial charge in [-0.15, -0.1) is 0 Å². The maximum atomic E-state index is 4.19. The van der Waals surface area contributed by atoms with E-state index in [-0.39, 0.29) is 0 Å². The highest BCUT2D eigenvalue weighted by Crippen LogP contribution is 2.20. The molecule has 1 saturated heterocycles. The van der Waals surface area contributed by atoms with Crippen LogP contribution in [-0.2, 0) is 6.42 Å². The Morgan fingerprint density at radius 3 is 3.11 bits per heavy atom. The zero-order chi connectivity index (χ0) is 12.8. The highest BCUT2D eigenvalue weighted by atomic mass is 15.2. The second kappa shape index (κ2) is 6.86. The SMILES string of the molecule is CNC(C)C1CCCCN1CCc1cccnc1. The highest BCUT2D eigenvalue weighted by Gasteiger charge is 2.25. The Labute approximate surface area is 111 Å². The molecule has 0 aromatic carbocycles. The van der Waals surface area contributed by atoms with Gasteiger partial charge in [-0.25, -0.2) is 0 Å². The van der Waals surface area contributed by atoms with Gasteiger partial charge in [-0.05, 0) is 51.4 Å². The van der Waals surface area contributed by atoms with Crippen LogP contribution >= 0.6 is 0 Å². The van der Waals surface area contributed by atoms with Crippen molar-refractivity contribution in [3.8, 4) is 0 Å². The Morgan fingerprint density at radius 1 is 1.50 bits per heavy atom. The molecule has 0 saturated carbocycles. The summed E-state index contributed by atoms with van der Waals surface area (Å²) in [5.74, 6) is 0. The van der Waals surface area contributed by atoms with Gasteiger partial charge in [-0.1, -0.05) is 12.5 Å². The van der Waals surface area contributed by atoms with E-state index >= 15 is 0 Å². The number of likely N-dealkylation sites (N-methyl/N-ethyl adjacent to an activating group) is 1. The Balaban J connectivity index is 1.89. The van der Waals surface area contributed by atoms with Crippen molar-refractivity contribution in [3.63, 3.8) is 0 Å².